The Morgan fingerprint density at radius 2 is 2.29 bits per heavy atom. The van der Waals surface area contributed by atoms with Crippen LogP contribution < -0.4 is 5.32 Å². The zero-order chi connectivity index (χ0) is 15.0. The number of carbonyl (C=O) groups excluding carboxylic acids is 1. The van der Waals surface area contributed by atoms with E-state index in [1.807, 2.05) is 10.8 Å². The average molecular weight is 290 g/mol. The molecule has 2 aromatic rings. The predicted octanol–water partition coefficient (Wildman–Crippen LogP) is 0.982. The van der Waals surface area contributed by atoms with Crippen LogP contribution in [0.4, 0.5) is 0 Å². The maximum atomic E-state index is 12.3. The summed E-state index contributed by atoms with van der Waals surface area (Å²) in [5.74, 6) is 0.241. The number of carbonyl (C=O) groups is 1. The molecule has 0 aromatic carbocycles. The monoisotopic (exact) mass is 290 g/mol. The minimum Gasteiger partial charge on any atom is -0.389 e. The van der Waals surface area contributed by atoms with E-state index in [0.717, 1.165) is 12.8 Å². The zero-order valence-corrected chi connectivity index (χ0v) is 12.0. The van der Waals surface area contributed by atoms with E-state index in [1.54, 1.807) is 26.4 Å². The predicted molar refractivity (Wildman–Crippen MR) is 73.7 cm³/mol. The Labute approximate surface area is 122 Å². The minimum absolute atomic E-state index is 0.0533. The second-order valence-electron chi connectivity index (χ2n) is 5.42. The summed E-state index contributed by atoms with van der Waals surface area (Å²) in [4.78, 5) is 16.3. The van der Waals surface area contributed by atoms with E-state index in [0.29, 0.717) is 17.0 Å². The number of aromatic nitrogens is 3. The van der Waals surface area contributed by atoms with E-state index in [4.69, 9.17) is 4.52 Å². The van der Waals surface area contributed by atoms with Crippen LogP contribution in [0.15, 0.2) is 23.2 Å². The molecule has 2 aromatic heterocycles. The van der Waals surface area contributed by atoms with Crippen LogP contribution in [0.1, 0.15) is 40.7 Å². The molecule has 3 atom stereocenters. The highest BCUT2D eigenvalue weighted by Crippen LogP contribution is 2.30. The highest BCUT2D eigenvalue weighted by Gasteiger charge is 2.37. The van der Waals surface area contributed by atoms with Crippen molar-refractivity contribution in [3.8, 4) is 0 Å². The third-order valence-electron chi connectivity index (χ3n) is 4.06. The fourth-order valence-corrected chi connectivity index (χ4v) is 2.96. The smallest absolute Gasteiger partial charge is 0.257 e. The molecule has 21 heavy (non-hydrogen) atoms. The van der Waals surface area contributed by atoms with Gasteiger partial charge in [-0.15, -0.1) is 0 Å². The Balaban J connectivity index is 1.70. The molecule has 0 saturated heterocycles. The van der Waals surface area contributed by atoms with Gasteiger partial charge < -0.3 is 19.5 Å². The number of hydrogen-bond acceptors (Lipinski definition) is 5. The van der Waals surface area contributed by atoms with Crippen molar-refractivity contribution < 1.29 is 14.4 Å². The first-order valence-electron chi connectivity index (χ1n) is 6.97. The van der Waals surface area contributed by atoms with Crippen LogP contribution in [-0.4, -0.2) is 37.9 Å². The Morgan fingerprint density at radius 3 is 2.90 bits per heavy atom. The summed E-state index contributed by atoms with van der Waals surface area (Å²) in [6.07, 6.45) is 6.08. The molecule has 0 radical (unpaired) electrons. The molecule has 2 heterocycles. The topological polar surface area (TPSA) is 93.2 Å². The van der Waals surface area contributed by atoms with Gasteiger partial charge in [0.1, 0.15) is 11.3 Å². The van der Waals surface area contributed by atoms with Crippen molar-refractivity contribution in [2.45, 2.75) is 44.9 Å². The Hall–Kier alpha value is -2.15. The summed E-state index contributed by atoms with van der Waals surface area (Å²) < 4.78 is 6.88. The first-order chi connectivity index (χ1) is 10.1. The van der Waals surface area contributed by atoms with Gasteiger partial charge in [0.05, 0.1) is 30.2 Å². The molecule has 0 aliphatic heterocycles. The molecule has 1 saturated carbocycles. The lowest BCUT2D eigenvalue weighted by Crippen LogP contribution is -2.42. The summed E-state index contributed by atoms with van der Waals surface area (Å²) in [7, 11) is 0. The number of nitrogens with zero attached hydrogens (tertiary/aromatic N) is 3. The maximum absolute atomic E-state index is 12.3. The molecule has 0 spiro atoms. The van der Waals surface area contributed by atoms with Gasteiger partial charge in [-0.1, -0.05) is 5.16 Å². The number of amides is 1. The number of aliphatic hydroxyl groups excluding tert-OH is 1. The number of rotatable bonds is 3. The van der Waals surface area contributed by atoms with Gasteiger partial charge in [-0.3, -0.25) is 4.79 Å². The first-order valence-corrected chi connectivity index (χ1v) is 6.97. The Kier molecular flexibility index (Phi) is 3.50. The number of nitrogens with one attached hydrogen (secondary N) is 1. The van der Waals surface area contributed by atoms with Crippen LogP contribution >= 0.6 is 0 Å². The average Bonchev–Trinajstić information content (AvgIpc) is 3.14. The van der Waals surface area contributed by atoms with Crippen LogP contribution in [0.5, 0.6) is 0 Å². The molecular formula is C14H18N4O3. The molecule has 112 valence electrons. The van der Waals surface area contributed by atoms with Crippen molar-refractivity contribution in [1.29, 1.82) is 0 Å². The van der Waals surface area contributed by atoms with Crippen molar-refractivity contribution in [3.05, 3.63) is 35.7 Å². The van der Waals surface area contributed by atoms with E-state index in [9.17, 15) is 9.90 Å². The highest BCUT2D eigenvalue weighted by atomic mass is 16.5. The van der Waals surface area contributed by atoms with Crippen molar-refractivity contribution in [3.63, 3.8) is 0 Å². The second kappa shape index (κ2) is 5.33. The van der Waals surface area contributed by atoms with Crippen LogP contribution in [0.3, 0.4) is 0 Å². The molecule has 2 N–H and O–H groups in total. The van der Waals surface area contributed by atoms with Crippen LogP contribution in [0, 0.1) is 13.8 Å². The third kappa shape index (κ3) is 2.44. The van der Waals surface area contributed by atoms with E-state index in [1.165, 1.54) is 0 Å². The standard InChI is InChI=1S/C14H18N4O3/c1-8-12(9(2)21-17-8)14(20)16-10-3-4-11(13(10)19)18-6-5-15-7-18/h5-7,10-11,13,19H,3-4H2,1-2H3,(H,16,20)/t10-,11-,13-/m1/s1. The maximum Gasteiger partial charge on any atom is 0.257 e. The normalized spacial score (nSPS) is 25.2. The molecule has 0 unspecified atom stereocenters. The van der Waals surface area contributed by atoms with E-state index >= 15 is 0 Å². The number of imidazole rings is 1. The minimum atomic E-state index is -0.636. The molecule has 1 aliphatic rings. The SMILES string of the molecule is Cc1noc(C)c1C(=O)N[C@@H]1CC[C@@H](n2ccnc2)[C@@H]1O. The van der Waals surface area contributed by atoms with Crippen LogP contribution in [0.25, 0.3) is 0 Å². The van der Waals surface area contributed by atoms with Crippen LogP contribution in [-0.2, 0) is 0 Å². The van der Waals surface area contributed by atoms with Crippen molar-refractivity contribution in [2.24, 2.45) is 0 Å². The molecule has 7 heteroatoms. The van der Waals surface area contributed by atoms with Crippen LogP contribution in [0.2, 0.25) is 0 Å². The molecule has 1 fully saturated rings. The third-order valence-corrected chi connectivity index (χ3v) is 4.06. The van der Waals surface area contributed by atoms with Crippen molar-refractivity contribution >= 4 is 5.91 Å². The fraction of sp³-hybridized carbons (Fsp3) is 0.500. The Morgan fingerprint density at radius 1 is 1.48 bits per heavy atom. The van der Waals surface area contributed by atoms with Crippen molar-refractivity contribution in [1.82, 2.24) is 20.0 Å². The van der Waals surface area contributed by atoms with Gasteiger partial charge in [-0.2, -0.15) is 0 Å². The van der Waals surface area contributed by atoms with E-state index in [-0.39, 0.29) is 18.0 Å². The summed E-state index contributed by atoms with van der Waals surface area (Å²) in [6.45, 7) is 3.43. The van der Waals surface area contributed by atoms with Gasteiger partial charge in [0.15, 0.2) is 0 Å². The lowest BCUT2D eigenvalue weighted by molar-refractivity contribution is 0.0812. The second-order valence-corrected chi connectivity index (χ2v) is 5.42. The van der Waals surface area contributed by atoms with Gasteiger partial charge in [0, 0.05) is 12.4 Å². The van der Waals surface area contributed by atoms with Gasteiger partial charge in [-0.05, 0) is 26.7 Å². The fourth-order valence-electron chi connectivity index (χ4n) is 2.96. The molecular weight excluding hydrogens is 272 g/mol. The molecule has 1 aliphatic carbocycles. The lowest BCUT2D eigenvalue weighted by Gasteiger charge is -2.21. The number of aryl methyl sites for hydroxylation is 2. The molecule has 0 bridgehead atoms. The molecule has 7 nitrogen and oxygen atoms in total. The summed E-state index contributed by atoms with van der Waals surface area (Å²) in [6, 6.07) is -0.332. The summed E-state index contributed by atoms with van der Waals surface area (Å²) in [5, 5.41) is 17.1. The highest BCUT2D eigenvalue weighted by molar-refractivity contribution is 5.96. The Bertz CT molecular complexity index is 615. The van der Waals surface area contributed by atoms with Gasteiger partial charge in [0.2, 0.25) is 0 Å². The van der Waals surface area contributed by atoms with E-state index < -0.39 is 6.10 Å². The lowest BCUT2D eigenvalue weighted by atomic mass is 10.1. The van der Waals surface area contributed by atoms with Gasteiger partial charge in [-0.25, -0.2) is 4.98 Å². The number of hydrogen-bond donors (Lipinski definition) is 2. The first kappa shape index (κ1) is 13.8. The zero-order valence-electron chi connectivity index (χ0n) is 12.0. The molecule has 3 rings (SSSR count). The van der Waals surface area contributed by atoms with E-state index in [2.05, 4.69) is 15.5 Å². The quantitative estimate of drug-likeness (QED) is 0.879. The molecule has 1 amide bonds. The van der Waals surface area contributed by atoms with Crippen molar-refractivity contribution in [2.75, 3.05) is 0 Å². The largest absolute Gasteiger partial charge is 0.389 e. The van der Waals surface area contributed by atoms with Gasteiger partial charge in [0.25, 0.3) is 5.91 Å². The summed E-state index contributed by atoms with van der Waals surface area (Å²) in [5.41, 5.74) is 1.01. The number of aliphatic hydroxyl groups is 1. The summed E-state index contributed by atoms with van der Waals surface area (Å²) >= 11 is 0. The van der Waals surface area contributed by atoms with Gasteiger partial charge >= 0.3 is 0 Å².